The quantitative estimate of drug-likeness (QED) is 0.782. The first-order valence-electron chi connectivity index (χ1n) is 4.81. The second kappa shape index (κ2) is 4.72. The highest BCUT2D eigenvalue weighted by molar-refractivity contribution is 6.29. The van der Waals surface area contributed by atoms with Crippen LogP contribution in [-0.2, 0) is 0 Å². The molecule has 0 aliphatic carbocycles. The Morgan fingerprint density at radius 1 is 1.47 bits per heavy atom. The standard InChI is InChI=1S/C9H11ClFN3O/c10-8-7(11)5-13-9(14-8)15-6-1-3-12-4-2-6/h5-6,12H,1-4H2. The molecule has 1 saturated heterocycles. The Balaban J connectivity index is 2.00. The van der Waals surface area contributed by atoms with E-state index in [4.69, 9.17) is 16.3 Å². The summed E-state index contributed by atoms with van der Waals surface area (Å²) in [5, 5.41) is 3.01. The molecule has 15 heavy (non-hydrogen) atoms. The zero-order chi connectivity index (χ0) is 10.7. The highest BCUT2D eigenvalue weighted by atomic mass is 35.5. The zero-order valence-electron chi connectivity index (χ0n) is 8.04. The van der Waals surface area contributed by atoms with E-state index in [2.05, 4.69) is 15.3 Å². The number of ether oxygens (including phenoxy) is 1. The largest absolute Gasteiger partial charge is 0.460 e. The summed E-state index contributed by atoms with van der Waals surface area (Å²) in [6.07, 6.45) is 2.91. The van der Waals surface area contributed by atoms with Crippen LogP contribution < -0.4 is 10.1 Å². The molecule has 4 nitrogen and oxygen atoms in total. The summed E-state index contributed by atoms with van der Waals surface area (Å²) in [6, 6.07) is 0.147. The molecule has 0 bridgehead atoms. The lowest BCUT2D eigenvalue weighted by atomic mass is 10.1. The van der Waals surface area contributed by atoms with Crippen LogP contribution in [0.15, 0.2) is 6.20 Å². The van der Waals surface area contributed by atoms with E-state index in [1.165, 1.54) is 0 Å². The molecule has 0 unspecified atom stereocenters. The molecule has 0 saturated carbocycles. The number of piperidine rings is 1. The Morgan fingerprint density at radius 2 is 2.20 bits per heavy atom. The zero-order valence-corrected chi connectivity index (χ0v) is 8.80. The van der Waals surface area contributed by atoms with E-state index in [1.807, 2.05) is 0 Å². The maximum Gasteiger partial charge on any atom is 0.318 e. The molecule has 1 aromatic rings. The van der Waals surface area contributed by atoms with Gasteiger partial charge in [-0.15, -0.1) is 0 Å². The van der Waals surface area contributed by atoms with Crippen molar-refractivity contribution in [1.29, 1.82) is 0 Å². The van der Waals surface area contributed by atoms with Gasteiger partial charge in [0.05, 0.1) is 6.20 Å². The molecule has 1 fully saturated rings. The molecule has 1 aliphatic heterocycles. The van der Waals surface area contributed by atoms with Gasteiger partial charge >= 0.3 is 6.01 Å². The van der Waals surface area contributed by atoms with Crippen LogP contribution in [0, 0.1) is 5.82 Å². The van der Waals surface area contributed by atoms with E-state index in [-0.39, 0.29) is 17.3 Å². The summed E-state index contributed by atoms with van der Waals surface area (Å²) in [5.41, 5.74) is 0. The SMILES string of the molecule is Fc1cnc(OC2CCNCC2)nc1Cl. The van der Waals surface area contributed by atoms with Crippen LogP contribution in [0.5, 0.6) is 6.01 Å². The molecule has 1 aromatic heterocycles. The van der Waals surface area contributed by atoms with Crippen molar-refractivity contribution in [2.75, 3.05) is 13.1 Å². The van der Waals surface area contributed by atoms with Gasteiger partial charge in [-0.2, -0.15) is 4.98 Å². The minimum absolute atomic E-state index is 0.0905. The number of hydrogen-bond acceptors (Lipinski definition) is 4. The molecule has 2 heterocycles. The van der Waals surface area contributed by atoms with Crippen molar-refractivity contribution in [2.45, 2.75) is 18.9 Å². The first-order valence-corrected chi connectivity index (χ1v) is 5.19. The van der Waals surface area contributed by atoms with Gasteiger partial charge in [0.2, 0.25) is 0 Å². The van der Waals surface area contributed by atoms with Gasteiger partial charge in [0.15, 0.2) is 11.0 Å². The maximum atomic E-state index is 12.8. The Kier molecular flexibility index (Phi) is 3.33. The van der Waals surface area contributed by atoms with Crippen molar-refractivity contribution in [2.24, 2.45) is 0 Å². The second-order valence-electron chi connectivity index (χ2n) is 3.36. The number of rotatable bonds is 2. The van der Waals surface area contributed by atoms with Crippen LogP contribution in [0.25, 0.3) is 0 Å². The highest BCUT2D eigenvalue weighted by Gasteiger charge is 2.16. The van der Waals surface area contributed by atoms with Gasteiger partial charge in [0.25, 0.3) is 0 Å². The minimum Gasteiger partial charge on any atom is -0.460 e. The lowest BCUT2D eigenvalue weighted by molar-refractivity contribution is 0.148. The summed E-state index contributed by atoms with van der Waals surface area (Å²) < 4.78 is 18.2. The molecule has 0 spiro atoms. The van der Waals surface area contributed by atoms with Gasteiger partial charge in [-0.05, 0) is 25.9 Å². The van der Waals surface area contributed by atoms with Gasteiger partial charge in [0.1, 0.15) is 6.10 Å². The van der Waals surface area contributed by atoms with E-state index < -0.39 is 5.82 Å². The van der Waals surface area contributed by atoms with Crippen LogP contribution in [0.4, 0.5) is 4.39 Å². The predicted octanol–water partition coefficient (Wildman–Crippen LogP) is 1.40. The van der Waals surface area contributed by atoms with Crippen LogP contribution in [0.1, 0.15) is 12.8 Å². The van der Waals surface area contributed by atoms with E-state index in [0.717, 1.165) is 32.1 Å². The highest BCUT2D eigenvalue weighted by Crippen LogP contribution is 2.16. The number of nitrogens with one attached hydrogen (secondary N) is 1. The van der Waals surface area contributed by atoms with Crippen molar-refractivity contribution in [3.63, 3.8) is 0 Å². The monoisotopic (exact) mass is 231 g/mol. The Morgan fingerprint density at radius 3 is 2.87 bits per heavy atom. The van der Waals surface area contributed by atoms with Crippen molar-refractivity contribution in [1.82, 2.24) is 15.3 Å². The fraction of sp³-hybridized carbons (Fsp3) is 0.556. The molecular weight excluding hydrogens is 221 g/mol. The van der Waals surface area contributed by atoms with Crippen LogP contribution in [0.2, 0.25) is 5.15 Å². The van der Waals surface area contributed by atoms with Gasteiger partial charge < -0.3 is 10.1 Å². The Bertz CT molecular complexity index is 344. The number of hydrogen-bond donors (Lipinski definition) is 1. The molecule has 0 aromatic carbocycles. The number of halogens is 2. The van der Waals surface area contributed by atoms with Gasteiger partial charge in [-0.1, -0.05) is 11.6 Å². The lowest BCUT2D eigenvalue weighted by Crippen LogP contribution is -2.34. The van der Waals surface area contributed by atoms with E-state index in [0.29, 0.717) is 0 Å². The van der Waals surface area contributed by atoms with Crippen molar-refractivity contribution < 1.29 is 9.13 Å². The first-order chi connectivity index (χ1) is 7.25. The third-order valence-corrected chi connectivity index (χ3v) is 2.50. The molecular formula is C9H11ClFN3O. The maximum absolute atomic E-state index is 12.8. The molecule has 0 atom stereocenters. The predicted molar refractivity (Wildman–Crippen MR) is 53.5 cm³/mol. The molecule has 6 heteroatoms. The summed E-state index contributed by atoms with van der Waals surface area (Å²) in [7, 11) is 0. The third-order valence-electron chi connectivity index (χ3n) is 2.24. The topological polar surface area (TPSA) is 47.0 Å². The van der Waals surface area contributed by atoms with Crippen LogP contribution in [-0.4, -0.2) is 29.2 Å². The van der Waals surface area contributed by atoms with Crippen molar-refractivity contribution in [3.05, 3.63) is 17.2 Å². The van der Waals surface area contributed by atoms with Gasteiger partial charge in [-0.25, -0.2) is 9.37 Å². The number of aromatic nitrogens is 2. The second-order valence-corrected chi connectivity index (χ2v) is 3.72. The molecule has 1 N–H and O–H groups in total. The van der Waals surface area contributed by atoms with Crippen molar-refractivity contribution >= 4 is 11.6 Å². The summed E-state index contributed by atoms with van der Waals surface area (Å²) >= 11 is 5.51. The molecule has 1 aliphatic rings. The Hall–Kier alpha value is -0.940. The van der Waals surface area contributed by atoms with Crippen LogP contribution >= 0.6 is 11.6 Å². The number of nitrogens with zero attached hydrogens (tertiary/aromatic N) is 2. The summed E-state index contributed by atoms with van der Waals surface area (Å²) in [6.45, 7) is 1.83. The molecule has 0 amide bonds. The average Bonchev–Trinajstić information content (AvgIpc) is 2.25. The van der Waals surface area contributed by atoms with Crippen molar-refractivity contribution in [3.8, 4) is 6.01 Å². The molecule has 2 rings (SSSR count). The van der Waals surface area contributed by atoms with E-state index in [1.54, 1.807) is 0 Å². The van der Waals surface area contributed by atoms with Crippen LogP contribution in [0.3, 0.4) is 0 Å². The van der Waals surface area contributed by atoms with Gasteiger partial charge in [0, 0.05) is 0 Å². The molecule has 0 radical (unpaired) electrons. The smallest absolute Gasteiger partial charge is 0.318 e. The fourth-order valence-corrected chi connectivity index (χ4v) is 1.57. The molecule has 82 valence electrons. The van der Waals surface area contributed by atoms with Gasteiger partial charge in [-0.3, -0.25) is 0 Å². The lowest BCUT2D eigenvalue weighted by Gasteiger charge is -2.22. The summed E-state index contributed by atoms with van der Waals surface area (Å²) in [5.74, 6) is -0.630. The first kappa shape index (κ1) is 10.6. The minimum atomic E-state index is -0.630. The third kappa shape index (κ3) is 2.76. The Labute approximate surface area is 91.8 Å². The summed E-state index contributed by atoms with van der Waals surface area (Å²) in [4.78, 5) is 7.42. The fourth-order valence-electron chi connectivity index (χ4n) is 1.45. The normalized spacial score (nSPS) is 17.7. The average molecular weight is 232 g/mol. The van der Waals surface area contributed by atoms with E-state index >= 15 is 0 Å². The van der Waals surface area contributed by atoms with E-state index in [9.17, 15) is 4.39 Å².